The number of carbonyl (C=O) groups excluding carboxylic acids is 2. The van der Waals surface area contributed by atoms with Crippen LogP contribution in [-0.4, -0.2) is 28.8 Å². The molecule has 0 rings (SSSR count). The van der Waals surface area contributed by atoms with Gasteiger partial charge in [-0.3, -0.25) is 19.7 Å². The number of rotatable bonds is 9. The highest BCUT2D eigenvalue weighted by Gasteiger charge is 2.50. The number of unbranched alkanes of at least 4 members (excludes halogenated alkanes) is 2. The van der Waals surface area contributed by atoms with E-state index in [0.717, 1.165) is 12.8 Å². The molecule has 0 fully saturated rings. The Balaban J connectivity index is 4.96. The van der Waals surface area contributed by atoms with Gasteiger partial charge >= 0.3 is 11.5 Å². The number of hydrogen-bond donors (Lipinski definition) is 0. The van der Waals surface area contributed by atoms with Crippen LogP contribution in [0.4, 0.5) is 0 Å². The molecule has 0 spiro atoms. The summed E-state index contributed by atoms with van der Waals surface area (Å²) in [7, 11) is 0. The maximum atomic E-state index is 11.8. The van der Waals surface area contributed by atoms with E-state index < -0.39 is 28.8 Å². The molecule has 1 unspecified atom stereocenters. The fourth-order valence-electron chi connectivity index (χ4n) is 1.76. The maximum Gasteiger partial charge on any atom is 0.312 e. The summed E-state index contributed by atoms with van der Waals surface area (Å²) in [6, 6.07) is 0. The molecule has 0 aromatic carbocycles. The highest BCUT2D eigenvalue weighted by molar-refractivity contribution is 5.87. The Hall–Kier alpha value is -1.46. The van der Waals surface area contributed by atoms with E-state index in [0.29, 0.717) is 6.42 Å². The zero-order valence-corrected chi connectivity index (χ0v) is 11.2. The molecule has 18 heavy (non-hydrogen) atoms. The summed E-state index contributed by atoms with van der Waals surface area (Å²) in [5, 5.41) is 11.2. The monoisotopic (exact) mass is 259 g/mol. The van der Waals surface area contributed by atoms with Crippen LogP contribution in [0.15, 0.2) is 0 Å². The van der Waals surface area contributed by atoms with Crippen LogP contribution < -0.4 is 0 Å². The molecule has 0 saturated carbocycles. The SMILES string of the molecule is CCCCCC(COC(C)=O)(C(=O)CC)[N+](=O)[O-]. The fourth-order valence-corrected chi connectivity index (χ4v) is 1.76. The normalized spacial score (nSPS) is 13.7. The third-order valence-corrected chi connectivity index (χ3v) is 2.90. The minimum atomic E-state index is -1.77. The molecule has 6 heteroatoms. The van der Waals surface area contributed by atoms with Crippen LogP contribution >= 0.6 is 0 Å². The molecule has 0 aromatic rings. The second kappa shape index (κ2) is 7.79. The van der Waals surface area contributed by atoms with Crippen LogP contribution in [0.2, 0.25) is 0 Å². The zero-order valence-electron chi connectivity index (χ0n) is 11.2. The summed E-state index contributed by atoms with van der Waals surface area (Å²) in [5.74, 6) is -1.09. The van der Waals surface area contributed by atoms with Crippen molar-refractivity contribution in [3.63, 3.8) is 0 Å². The summed E-state index contributed by atoms with van der Waals surface area (Å²) in [6.07, 6.45) is 2.47. The number of nitrogens with zero attached hydrogens (tertiary/aromatic N) is 1. The Morgan fingerprint density at radius 3 is 2.28 bits per heavy atom. The Bertz CT molecular complexity index is 316. The predicted octanol–water partition coefficient (Wildman–Crippen LogP) is 2.12. The largest absolute Gasteiger partial charge is 0.458 e. The van der Waals surface area contributed by atoms with E-state index in [2.05, 4.69) is 0 Å². The van der Waals surface area contributed by atoms with Crippen LogP contribution in [-0.2, 0) is 14.3 Å². The van der Waals surface area contributed by atoms with Crippen molar-refractivity contribution in [2.45, 2.75) is 58.4 Å². The topological polar surface area (TPSA) is 86.5 Å². The Morgan fingerprint density at radius 2 is 1.89 bits per heavy atom. The average Bonchev–Trinajstić information content (AvgIpc) is 2.32. The fraction of sp³-hybridized carbons (Fsp3) is 0.833. The van der Waals surface area contributed by atoms with Gasteiger partial charge in [0.25, 0.3) is 0 Å². The van der Waals surface area contributed by atoms with Crippen LogP contribution in [0.25, 0.3) is 0 Å². The van der Waals surface area contributed by atoms with Crippen molar-refractivity contribution in [3.8, 4) is 0 Å². The molecule has 0 aromatic heterocycles. The van der Waals surface area contributed by atoms with Crippen molar-refractivity contribution in [1.82, 2.24) is 0 Å². The van der Waals surface area contributed by atoms with Crippen molar-refractivity contribution < 1.29 is 19.2 Å². The predicted molar refractivity (Wildman–Crippen MR) is 65.8 cm³/mol. The van der Waals surface area contributed by atoms with E-state index in [1.165, 1.54) is 6.92 Å². The van der Waals surface area contributed by atoms with Crippen molar-refractivity contribution >= 4 is 11.8 Å². The molecular formula is C12H21NO5. The van der Waals surface area contributed by atoms with Crippen LogP contribution in [0, 0.1) is 10.1 Å². The maximum absolute atomic E-state index is 11.8. The molecule has 0 bridgehead atoms. The molecule has 1 atom stereocenters. The minimum Gasteiger partial charge on any atom is -0.458 e. The molecule has 6 nitrogen and oxygen atoms in total. The summed E-state index contributed by atoms with van der Waals surface area (Å²) in [5.41, 5.74) is -1.77. The third kappa shape index (κ3) is 4.43. The van der Waals surface area contributed by atoms with Gasteiger partial charge in [0.15, 0.2) is 6.61 Å². The molecule has 0 heterocycles. The lowest BCUT2D eigenvalue weighted by Gasteiger charge is -2.23. The van der Waals surface area contributed by atoms with Crippen molar-refractivity contribution in [2.75, 3.05) is 6.61 Å². The number of esters is 1. The number of nitro groups is 1. The molecule has 104 valence electrons. The van der Waals surface area contributed by atoms with Gasteiger partial charge in [-0.15, -0.1) is 0 Å². The van der Waals surface area contributed by atoms with E-state index in [9.17, 15) is 19.7 Å². The van der Waals surface area contributed by atoms with Crippen molar-refractivity contribution in [1.29, 1.82) is 0 Å². The standard InChI is InChI=1S/C12H21NO5/c1-4-6-7-8-12(13(16)17,11(15)5-2)9-18-10(3)14/h4-9H2,1-3H3. The second-order valence-corrected chi connectivity index (χ2v) is 4.30. The van der Waals surface area contributed by atoms with Gasteiger partial charge in [-0.1, -0.05) is 26.7 Å². The van der Waals surface area contributed by atoms with Crippen molar-refractivity contribution in [3.05, 3.63) is 10.1 Å². The second-order valence-electron chi connectivity index (χ2n) is 4.30. The lowest BCUT2D eigenvalue weighted by Crippen LogP contribution is -2.50. The average molecular weight is 259 g/mol. The van der Waals surface area contributed by atoms with E-state index in [1.54, 1.807) is 6.92 Å². The van der Waals surface area contributed by atoms with Gasteiger partial charge in [-0.25, -0.2) is 0 Å². The van der Waals surface area contributed by atoms with Gasteiger partial charge < -0.3 is 4.74 Å². The Morgan fingerprint density at radius 1 is 1.28 bits per heavy atom. The molecule has 0 N–H and O–H groups in total. The van der Waals surface area contributed by atoms with Crippen molar-refractivity contribution in [2.24, 2.45) is 0 Å². The van der Waals surface area contributed by atoms with Gasteiger partial charge in [-0.05, 0) is 6.42 Å². The first-order chi connectivity index (χ1) is 8.40. The van der Waals surface area contributed by atoms with Gasteiger partial charge in [-0.2, -0.15) is 0 Å². The van der Waals surface area contributed by atoms with Crippen LogP contribution in [0.3, 0.4) is 0 Å². The Labute approximate surface area is 107 Å². The number of hydrogen-bond acceptors (Lipinski definition) is 5. The van der Waals surface area contributed by atoms with Gasteiger partial charge in [0.1, 0.15) is 0 Å². The number of Topliss-reactive ketones (excluding diaryl/α,β-unsaturated/α-hetero) is 1. The number of ether oxygens (including phenoxy) is 1. The van der Waals surface area contributed by atoms with Gasteiger partial charge in [0, 0.05) is 24.7 Å². The molecule has 0 amide bonds. The summed E-state index contributed by atoms with van der Waals surface area (Å²) in [6.45, 7) is 4.26. The zero-order chi connectivity index (χ0) is 14.2. The summed E-state index contributed by atoms with van der Waals surface area (Å²) < 4.78 is 4.72. The third-order valence-electron chi connectivity index (χ3n) is 2.90. The summed E-state index contributed by atoms with van der Waals surface area (Å²) >= 11 is 0. The molecule has 0 aliphatic heterocycles. The minimum absolute atomic E-state index is 0.0639. The van der Waals surface area contributed by atoms with E-state index in [-0.39, 0.29) is 12.8 Å². The van der Waals surface area contributed by atoms with Gasteiger partial charge in [0.05, 0.1) is 0 Å². The lowest BCUT2D eigenvalue weighted by molar-refractivity contribution is -0.556. The summed E-state index contributed by atoms with van der Waals surface area (Å²) in [4.78, 5) is 33.3. The van der Waals surface area contributed by atoms with Gasteiger partial charge in [0.2, 0.25) is 5.78 Å². The highest BCUT2D eigenvalue weighted by Crippen LogP contribution is 2.23. The van der Waals surface area contributed by atoms with Crippen LogP contribution in [0.1, 0.15) is 52.9 Å². The highest BCUT2D eigenvalue weighted by atomic mass is 16.6. The molecule has 0 radical (unpaired) electrons. The van der Waals surface area contributed by atoms with E-state index in [1.807, 2.05) is 6.92 Å². The number of carbonyl (C=O) groups is 2. The molecular weight excluding hydrogens is 238 g/mol. The molecule has 0 saturated heterocycles. The van der Waals surface area contributed by atoms with Crippen LogP contribution in [0.5, 0.6) is 0 Å². The first kappa shape index (κ1) is 16.5. The first-order valence-electron chi connectivity index (χ1n) is 6.21. The smallest absolute Gasteiger partial charge is 0.312 e. The quantitative estimate of drug-likeness (QED) is 0.274. The van der Waals surface area contributed by atoms with E-state index in [4.69, 9.17) is 4.74 Å². The first-order valence-corrected chi connectivity index (χ1v) is 6.21. The number of ketones is 1. The Kier molecular flexibility index (Phi) is 7.16. The lowest BCUT2D eigenvalue weighted by atomic mass is 9.87. The van der Waals surface area contributed by atoms with E-state index >= 15 is 0 Å². The molecule has 0 aliphatic carbocycles. The molecule has 0 aliphatic rings.